The molecule has 4 heteroatoms. The number of ether oxygens (including phenoxy) is 1. The smallest absolute Gasteiger partial charge is 0.241 e. The van der Waals surface area contributed by atoms with Crippen molar-refractivity contribution in [2.75, 3.05) is 25.4 Å². The van der Waals surface area contributed by atoms with Gasteiger partial charge in [-0.1, -0.05) is 11.8 Å². The van der Waals surface area contributed by atoms with Gasteiger partial charge in [-0.15, -0.1) is 0 Å². The van der Waals surface area contributed by atoms with Gasteiger partial charge < -0.3 is 4.74 Å². The van der Waals surface area contributed by atoms with Crippen molar-refractivity contribution in [1.29, 1.82) is 0 Å². The molecule has 2 aliphatic rings. The van der Waals surface area contributed by atoms with Crippen molar-refractivity contribution in [1.82, 2.24) is 0 Å². The number of hydrogen-bond acceptors (Lipinski definition) is 4. The first-order chi connectivity index (χ1) is 4.97. The first kappa shape index (κ1) is 6.22. The summed E-state index contributed by atoms with van der Waals surface area (Å²) in [6, 6.07) is 0. The van der Waals surface area contributed by atoms with E-state index in [1.807, 2.05) is 0 Å². The zero-order chi connectivity index (χ0) is 6.81. The van der Waals surface area contributed by atoms with Crippen LogP contribution in [-0.4, -0.2) is 36.4 Å². The summed E-state index contributed by atoms with van der Waals surface area (Å²) in [4.78, 5) is 8.40. The number of hydrogen-bond donors (Lipinski definition) is 0. The average Bonchev–Trinajstić information content (AvgIpc) is 2.59. The molecule has 0 aromatic rings. The van der Waals surface area contributed by atoms with Crippen LogP contribution < -0.4 is 0 Å². The lowest BCUT2D eigenvalue weighted by Gasteiger charge is -1.96. The van der Waals surface area contributed by atoms with E-state index in [0.717, 1.165) is 36.4 Å². The van der Waals surface area contributed by atoms with Crippen LogP contribution in [0.2, 0.25) is 0 Å². The van der Waals surface area contributed by atoms with Crippen molar-refractivity contribution in [3.63, 3.8) is 0 Å². The molecule has 2 rings (SSSR count). The number of aliphatic imine (C=N–C) groups is 2. The van der Waals surface area contributed by atoms with E-state index in [4.69, 9.17) is 4.74 Å². The van der Waals surface area contributed by atoms with Crippen LogP contribution in [0, 0.1) is 0 Å². The summed E-state index contributed by atoms with van der Waals surface area (Å²) in [6.45, 7) is 2.45. The van der Waals surface area contributed by atoms with Crippen molar-refractivity contribution in [3.8, 4) is 0 Å². The Bertz CT molecular complexity index is 178. The molecule has 0 spiro atoms. The number of thioether (sulfide) groups is 1. The van der Waals surface area contributed by atoms with Crippen LogP contribution in [0.5, 0.6) is 0 Å². The van der Waals surface area contributed by atoms with Crippen LogP contribution in [0.3, 0.4) is 0 Å². The highest BCUT2D eigenvalue weighted by Crippen LogP contribution is 2.15. The summed E-state index contributed by atoms with van der Waals surface area (Å²) in [6.07, 6.45) is 0. The minimum atomic E-state index is 0.731. The predicted molar refractivity (Wildman–Crippen MR) is 43.0 cm³/mol. The first-order valence-corrected chi connectivity index (χ1v) is 4.30. The zero-order valence-corrected chi connectivity index (χ0v) is 6.36. The molecule has 0 atom stereocenters. The molecule has 2 aliphatic heterocycles. The van der Waals surface area contributed by atoms with E-state index in [1.54, 1.807) is 11.8 Å². The molecule has 0 aromatic heterocycles. The predicted octanol–water partition coefficient (Wildman–Crippen LogP) is 0.560. The lowest BCUT2D eigenvalue weighted by atomic mass is 10.7. The van der Waals surface area contributed by atoms with Crippen LogP contribution >= 0.6 is 11.8 Å². The summed E-state index contributed by atoms with van der Waals surface area (Å²) >= 11 is 1.73. The molecule has 3 nitrogen and oxygen atoms in total. The molecule has 10 heavy (non-hydrogen) atoms. The van der Waals surface area contributed by atoms with E-state index in [2.05, 4.69) is 9.98 Å². The Labute approximate surface area is 63.6 Å². The quantitative estimate of drug-likeness (QED) is 0.556. The highest BCUT2D eigenvalue weighted by Gasteiger charge is 2.18. The highest BCUT2D eigenvalue weighted by molar-refractivity contribution is 8.16. The van der Waals surface area contributed by atoms with E-state index in [-0.39, 0.29) is 0 Å². The van der Waals surface area contributed by atoms with E-state index in [0.29, 0.717) is 0 Å². The van der Waals surface area contributed by atoms with Gasteiger partial charge in [-0.25, -0.2) is 4.99 Å². The van der Waals surface area contributed by atoms with Gasteiger partial charge in [0.25, 0.3) is 0 Å². The fraction of sp³-hybridized carbons (Fsp3) is 0.667. The van der Waals surface area contributed by atoms with Crippen molar-refractivity contribution < 1.29 is 4.74 Å². The van der Waals surface area contributed by atoms with Gasteiger partial charge in [0.1, 0.15) is 6.61 Å². The first-order valence-electron chi connectivity index (χ1n) is 3.32. The minimum absolute atomic E-state index is 0.731. The maximum absolute atomic E-state index is 5.24. The molecule has 0 unspecified atom stereocenters. The van der Waals surface area contributed by atoms with E-state index < -0.39 is 0 Å². The summed E-state index contributed by atoms with van der Waals surface area (Å²) in [5, 5.41) is 0.998. The average molecular weight is 156 g/mol. The lowest BCUT2D eigenvalue weighted by molar-refractivity contribution is 0.353. The molecule has 0 fully saturated rings. The van der Waals surface area contributed by atoms with E-state index in [1.165, 1.54) is 0 Å². The maximum Gasteiger partial charge on any atom is 0.241 e. The Balaban J connectivity index is 2.10. The van der Waals surface area contributed by atoms with Gasteiger partial charge in [0.05, 0.1) is 6.54 Å². The van der Waals surface area contributed by atoms with Crippen LogP contribution in [0.4, 0.5) is 0 Å². The Morgan fingerprint density at radius 3 is 2.90 bits per heavy atom. The molecule has 54 valence electrons. The SMILES string of the molecule is C1COC(C2=NCCS2)=N1. The minimum Gasteiger partial charge on any atom is -0.474 e. The maximum atomic E-state index is 5.24. The third-order valence-corrected chi connectivity index (χ3v) is 2.32. The third kappa shape index (κ3) is 1.03. The normalized spacial score (nSPS) is 24.0. The molecule has 0 saturated heterocycles. The zero-order valence-electron chi connectivity index (χ0n) is 5.54. The molecule has 2 heterocycles. The molecule has 0 saturated carbocycles. The Kier molecular flexibility index (Phi) is 1.63. The van der Waals surface area contributed by atoms with E-state index >= 15 is 0 Å². The van der Waals surface area contributed by atoms with Crippen LogP contribution in [0.15, 0.2) is 9.98 Å². The molecule has 0 radical (unpaired) electrons. The third-order valence-electron chi connectivity index (χ3n) is 1.35. The van der Waals surface area contributed by atoms with Gasteiger partial charge in [0.2, 0.25) is 5.90 Å². The summed E-state index contributed by atoms with van der Waals surface area (Å²) in [5.74, 6) is 1.85. The Hall–Kier alpha value is -0.510. The molecular formula is C6H8N2OS. The van der Waals surface area contributed by atoms with E-state index in [9.17, 15) is 0 Å². The van der Waals surface area contributed by atoms with Gasteiger partial charge in [-0.2, -0.15) is 0 Å². The van der Waals surface area contributed by atoms with Crippen molar-refractivity contribution in [3.05, 3.63) is 0 Å². The monoisotopic (exact) mass is 156 g/mol. The van der Waals surface area contributed by atoms with Gasteiger partial charge in [-0.3, -0.25) is 4.99 Å². The Morgan fingerprint density at radius 2 is 2.30 bits per heavy atom. The highest BCUT2D eigenvalue weighted by atomic mass is 32.2. The summed E-state index contributed by atoms with van der Waals surface area (Å²) in [5.41, 5.74) is 0. The van der Waals surface area contributed by atoms with Crippen LogP contribution in [0.25, 0.3) is 0 Å². The van der Waals surface area contributed by atoms with Crippen LogP contribution in [-0.2, 0) is 4.74 Å². The second-order valence-electron chi connectivity index (χ2n) is 2.07. The Morgan fingerprint density at radius 1 is 1.30 bits per heavy atom. The van der Waals surface area contributed by atoms with Gasteiger partial charge in [0, 0.05) is 12.3 Å². The largest absolute Gasteiger partial charge is 0.474 e. The van der Waals surface area contributed by atoms with Gasteiger partial charge in [0.15, 0.2) is 5.04 Å². The number of rotatable bonds is 1. The van der Waals surface area contributed by atoms with Crippen molar-refractivity contribution in [2.45, 2.75) is 0 Å². The molecule has 0 N–H and O–H groups in total. The second-order valence-corrected chi connectivity index (χ2v) is 3.15. The topological polar surface area (TPSA) is 34.0 Å². The fourth-order valence-corrected chi connectivity index (χ4v) is 1.73. The molecule has 0 aromatic carbocycles. The van der Waals surface area contributed by atoms with Crippen LogP contribution in [0.1, 0.15) is 0 Å². The lowest BCUT2D eigenvalue weighted by Crippen LogP contribution is -2.08. The van der Waals surface area contributed by atoms with Gasteiger partial charge >= 0.3 is 0 Å². The molecule has 0 aliphatic carbocycles. The standard InChI is InChI=1S/C6H8N2OS/c1-3-9-5(7-1)6-8-2-4-10-6/h1-4H2. The second kappa shape index (κ2) is 2.62. The van der Waals surface area contributed by atoms with Crippen molar-refractivity contribution in [2.24, 2.45) is 9.98 Å². The fourth-order valence-electron chi connectivity index (χ4n) is 0.929. The van der Waals surface area contributed by atoms with Crippen molar-refractivity contribution >= 4 is 22.7 Å². The van der Waals surface area contributed by atoms with Gasteiger partial charge in [-0.05, 0) is 0 Å². The molecule has 0 amide bonds. The number of nitrogens with zero attached hydrogens (tertiary/aromatic N) is 2. The molecule has 0 bridgehead atoms. The summed E-state index contributed by atoms with van der Waals surface area (Å²) in [7, 11) is 0. The molecular weight excluding hydrogens is 148 g/mol. The summed E-state index contributed by atoms with van der Waals surface area (Å²) < 4.78 is 5.24.